The number of nitrogens with one attached hydrogen (secondary N) is 1. The van der Waals surface area contributed by atoms with Gasteiger partial charge in [-0.3, -0.25) is 14.2 Å². The topological polar surface area (TPSA) is 93.5 Å². The monoisotopic (exact) mass is 387 g/mol. The SMILES string of the molecule is Cc1cc(CNC(=O)c2nc3n(c(=O)c2O)CCOC32CCCC2)ccc1F. The lowest BCUT2D eigenvalue weighted by molar-refractivity contribution is -0.0789. The zero-order chi connectivity index (χ0) is 19.9. The van der Waals surface area contributed by atoms with Crippen molar-refractivity contribution in [1.29, 1.82) is 0 Å². The lowest BCUT2D eigenvalue weighted by Crippen LogP contribution is -2.44. The van der Waals surface area contributed by atoms with Crippen molar-refractivity contribution in [1.82, 2.24) is 14.9 Å². The molecule has 1 aromatic heterocycles. The van der Waals surface area contributed by atoms with Crippen LogP contribution in [0, 0.1) is 12.7 Å². The number of benzene rings is 1. The number of rotatable bonds is 3. The van der Waals surface area contributed by atoms with Gasteiger partial charge in [0.2, 0.25) is 5.75 Å². The van der Waals surface area contributed by atoms with Crippen LogP contribution in [0.2, 0.25) is 0 Å². The minimum absolute atomic E-state index is 0.126. The van der Waals surface area contributed by atoms with E-state index in [2.05, 4.69) is 10.3 Å². The summed E-state index contributed by atoms with van der Waals surface area (Å²) in [5.41, 5.74) is -0.403. The Kier molecular flexibility index (Phi) is 4.66. The highest BCUT2D eigenvalue weighted by Gasteiger charge is 2.44. The standard InChI is InChI=1S/C20H22FN3O4/c1-12-10-13(4-5-14(12)21)11-22-17(26)15-16(25)18(27)24-8-9-28-20(19(24)23-15)6-2-3-7-20/h4-5,10,25H,2-3,6-9,11H2,1H3,(H,22,26). The lowest BCUT2D eigenvalue weighted by atomic mass is 9.99. The summed E-state index contributed by atoms with van der Waals surface area (Å²) < 4.78 is 20.8. The number of aromatic nitrogens is 2. The smallest absolute Gasteiger partial charge is 0.296 e. The maximum absolute atomic E-state index is 13.4. The van der Waals surface area contributed by atoms with E-state index in [4.69, 9.17) is 4.74 Å². The van der Waals surface area contributed by atoms with Gasteiger partial charge in [-0.25, -0.2) is 9.37 Å². The molecule has 0 bridgehead atoms. The third kappa shape index (κ3) is 3.07. The van der Waals surface area contributed by atoms with Crippen molar-refractivity contribution in [2.75, 3.05) is 6.61 Å². The Morgan fingerprint density at radius 1 is 1.39 bits per heavy atom. The molecule has 1 amide bonds. The van der Waals surface area contributed by atoms with Crippen molar-refractivity contribution in [3.05, 3.63) is 57.0 Å². The van der Waals surface area contributed by atoms with Crippen LogP contribution in [0.4, 0.5) is 4.39 Å². The molecular weight excluding hydrogens is 365 g/mol. The first-order chi connectivity index (χ1) is 13.4. The molecule has 8 heteroatoms. The van der Waals surface area contributed by atoms with E-state index in [0.717, 1.165) is 25.7 Å². The molecule has 1 spiro atoms. The Labute approximate surface area is 161 Å². The Morgan fingerprint density at radius 3 is 2.86 bits per heavy atom. The maximum atomic E-state index is 13.4. The number of amides is 1. The fourth-order valence-corrected chi connectivity index (χ4v) is 4.05. The van der Waals surface area contributed by atoms with Gasteiger partial charge in [0, 0.05) is 6.54 Å². The van der Waals surface area contributed by atoms with Crippen LogP contribution in [0.1, 0.15) is 53.1 Å². The van der Waals surface area contributed by atoms with Crippen LogP contribution in [0.3, 0.4) is 0 Å². The molecule has 4 rings (SSSR count). The summed E-state index contributed by atoms with van der Waals surface area (Å²) in [4.78, 5) is 29.6. The number of halogens is 1. The zero-order valence-electron chi connectivity index (χ0n) is 15.6. The van der Waals surface area contributed by atoms with Crippen molar-refractivity contribution in [2.24, 2.45) is 0 Å². The Morgan fingerprint density at radius 2 is 2.14 bits per heavy atom. The number of ether oxygens (including phenoxy) is 1. The van der Waals surface area contributed by atoms with E-state index in [1.807, 2.05) is 0 Å². The minimum Gasteiger partial charge on any atom is -0.501 e. The van der Waals surface area contributed by atoms with E-state index in [-0.39, 0.29) is 18.1 Å². The molecule has 1 aromatic carbocycles. The first-order valence-corrected chi connectivity index (χ1v) is 9.43. The molecule has 1 fully saturated rings. The Bertz CT molecular complexity index is 996. The largest absolute Gasteiger partial charge is 0.501 e. The Balaban J connectivity index is 1.64. The molecular formula is C20H22FN3O4. The molecule has 2 N–H and O–H groups in total. The average molecular weight is 387 g/mol. The van der Waals surface area contributed by atoms with Gasteiger partial charge in [0.05, 0.1) is 13.2 Å². The predicted molar refractivity (Wildman–Crippen MR) is 98.6 cm³/mol. The first kappa shape index (κ1) is 18.6. The van der Waals surface area contributed by atoms with E-state index in [9.17, 15) is 19.1 Å². The van der Waals surface area contributed by atoms with Crippen LogP contribution >= 0.6 is 0 Å². The molecule has 28 heavy (non-hydrogen) atoms. The van der Waals surface area contributed by atoms with Gasteiger partial charge in [-0.15, -0.1) is 0 Å². The van der Waals surface area contributed by atoms with E-state index < -0.39 is 22.8 Å². The second-order valence-corrected chi connectivity index (χ2v) is 7.41. The summed E-state index contributed by atoms with van der Waals surface area (Å²) in [6.07, 6.45) is 3.39. The number of carbonyl (C=O) groups is 1. The van der Waals surface area contributed by atoms with Crippen LogP contribution in [0.15, 0.2) is 23.0 Å². The number of aromatic hydroxyl groups is 1. The number of hydrogen-bond donors (Lipinski definition) is 2. The Hall–Kier alpha value is -2.74. The zero-order valence-corrected chi connectivity index (χ0v) is 15.6. The maximum Gasteiger partial charge on any atom is 0.296 e. The summed E-state index contributed by atoms with van der Waals surface area (Å²) in [6.45, 7) is 2.44. The van der Waals surface area contributed by atoms with Crippen LogP contribution in [0.25, 0.3) is 0 Å². The summed E-state index contributed by atoms with van der Waals surface area (Å²) in [6, 6.07) is 4.53. The molecule has 148 valence electrons. The molecule has 1 aliphatic carbocycles. The number of hydrogen-bond acceptors (Lipinski definition) is 5. The van der Waals surface area contributed by atoms with Crippen molar-refractivity contribution in [3.63, 3.8) is 0 Å². The summed E-state index contributed by atoms with van der Waals surface area (Å²) in [5.74, 6) is -1.22. The van der Waals surface area contributed by atoms with Crippen LogP contribution in [-0.2, 0) is 23.4 Å². The van der Waals surface area contributed by atoms with Crippen molar-refractivity contribution in [2.45, 2.75) is 51.3 Å². The predicted octanol–water partition coefficient (Wildman–Crippen LogP) is 2.13. The van der Waals surface area contributed by atoms with Crippen LogP contribution in [0.5, 0.6) is 5.75 Å². The second kappa shape index (κ2) is 7.01. The third-order valence-corrected chi connectivity index (χ3v) is 5.55. The fourth-order valence-electron chi connectivity index (χ4n) is 4.05. The van der Waals surface area contributed by atoms with E-state index in [1.54, 1.807) is 19.1 Å². The van der Waals surface area contributed by atoms with Crippen LogP contribution < -0.4 is 10.9 Å². The molecule has 0 atom stereocenters. The molecule has 2 heterocycles. The number of carbonyl (C=O) groups excluding carboxylic acids is 1. The summed E-state index contributed by atoms with van der Waals surface area (Å²) in [5, 5.41) is 12.9. The molecule has 1 aliphatic heterocycles. The summed E-state index contributed by atoms with van der Waals surface area (Å²) >= 11 is 0. The second-order valence-electron chi connectivity index (χ2n) is 7.41. The highest BCUT2D eigenvalue weighted by atomic mass is 19.1. The molecule has 7 nitrogen and oxygen atoms in total. The van der Waals surface area contributed by atoms with Gasteiger partial charge in [0.15, 0.2) is 5.69 Å². The van der Waals surface area contributed by atoms with Crippen LogP contribution in [-0.4, -0.2) is 27.2 Å². The average Bonchev–Trinajstić information content (AvgIpc) is 3.15. The van der Waals surface area contributed by atoms with Crippen molar-refractivity contribution < 1.29 is 19.0 Å². The van der Waals surface area contributed by atoms with Gasteiger partial charge < -0.3 is 15.2 Å². The lowest BCUT2D eigenvalue weighted by Gasteiger charge is -2.35. The molecule has 2 aliphatic rings. The minimum atomic E-state index is -0.661. The molecule has 0 saturated heterocycles. The number of nitrogens with zero attached hydrogens (tertiary/aromatic N) is 2. The van der Waals surface area contributed by atoms with E-state index >= 15 is 0 Å². The quantitative estimate of drug-likeness (QED) is 0.842. The molecule has 0 radical (unpaired) electrons. The van der Waals surface area contributed by atoms with Crippen molar-refractivity contribution >= 4 is 5.91 Å². The molecule has 1 saturated carbocycles. The van der Waals surface area contributed by atoms with E-state index in [0.29, 0.717) is 30.1 Å². The van der Waals surface area contributed by atoms with Gasteiger partial charge >= 0.3 is 0 Å². The number of aryl methyl sites for hydroxylation is 1. The van der Waals surface area contributed by atoms with Gasteiger partial charge in [-0.1, -0.05) is 12.1 Å². The van der Waals surface area contributed by atoms with Gasteiger partial charge in [-0.2, -0.15) is 0 Å². The van der Waals surface area contributed by atoms with Gasteiger partial charge in [0.25, 0.3) is 11.5 Å². The highest BCUT2D eigenvalue weighted by Crippen LogP contribution is 2.42. The van der Waals surface area contributed by atoms with Crippen molar-refractivity contribution in [3.8, 4) is 5.75 Å². The molecule has 0 unspecified atom stereocenters. The fraction of sp³-hybridized carbons (Fsp3) is 0.450. The molecule has 2 aromatic rings. The highest BCUT2D eigenvalue weighted by molar-refractivity contribution is 5.94. The number of fused-ring (bicyclic) bond motifs is 2. The van der Waals surface area contributed by atoms with Gasteiger partial charge in [-0.05, 0) is 49.8 Å². The van der Waals surface area contributed by atoms with E-state index in [1.165, 1.54) is 10.6 Å². The van der Waals surface area contributed by atoms with Gasteiger partial charge in [0.1, 0.15) is 17.2 Å². The normalized spacial score (nSPS) is 17.5. The summed E-state index contributed by atoms with van der Waals surface area (Å²) in [7, 11) is 0. The first-order valence-electron chi connectivity index (χ1n) is 9.43. The third-order valence-electron chi connectivity index (χ3n) is 5.55.